The van der Waals surface area contributed by atoms with E-state index in [1.54, 1.807) is 6.26 Å². The van der Waals surface area contributed by atoms with Gasteiger partial charge in [0.05, 0.1) is 30.6 Å². The van der Waals surface area contributed by atoms with Gasteiger partial charge in [0.1, 0.15) is 5.76 Å². The van der Waals surface area contributed by atoms with Gasteiger partial charge in [-0.2, -0.15) is 0 Å². The topological polar surface area (TPSA) is 46.2 Å². The number of pyridine rings is 1. The monoisotopic (exact) mass is 456 g/mol. The molecular formula is C27H28N4OS. The largest absolute Gasteiger partial charge is 0.467 e. The van der Waals surface area contributed by atoms with Crippen molar-refractivity contribution < 1.29 is 4.42 Å². The number of aryl methyl sites for hydroxylation is 3. The second kappa shape index (κ2) is 8.52. The maximum atomic E-state index is 5.90. The lowest BCUT2D eigenvalue weighted by Gasteiger charge is -2.28. The molecule has 6 heteroatoms. The van der Waals surface area contributed by atoms with Crippen LogP contribution in [0.5, 0.6) is 0 Å². The van der Waals surface area contributed by atoms with Gasteiger partial charge in [0.15, 0.2) is 5.11 Å². The van der Waals surface area contributed by atoms with Gasteiger partial charge in [-0.1, -0.05) is 12.1 Å². The lowest BCUT2D eigenvalue weighted by Crippen LogP contribution is -2.29. The van der Waals surface area contributed by atoms with E-state index in [9.17, 15) is 0 Å². The summed E-state index contributed by atoms with van der Waals surface area (Å²) in [5.41, 5.74) is 8.15. The normalized spacial score (nSPS) is 18.1. The zero-order valence-corrected chi connectivity index (χ0v) is 20.2. The molecule has 3 aromatic heterocycles. The number of hydrogen-bond donors (Lipinski definition) is 1. The Kier molecular flexibility index (Phi) is 5.54. The Morgan fingerprint density at radius 3 is 2.45 bits per heavy atom. The first-order chi connectivity index (χ1) is 15.9. The Morgan fingerprint density at radius 1 is 1.00 bits per heavy atom. The average molecular weight is 457 g/mol. The van der Waals surface area contributed by atoms with Crippen LogP contribution in [-0.2, 0) is 6.54 Å². The molecule has 0 radical (unpaired) electrons. The maximum Gasteiger partial charge on any atom is 0.174 e. The summed E-state index contributed by atoms with van der Waals surface area (Å²) in [6.07, 6.45) is 3.57. The summed E-state index contributed by atoms with van der Waals surface area (Å²) < 4.78 is 7.94. The van der Waals surface area contributed by atoms with Crippen LogP contribution in [0.1, 0.15) is 51.6 Å². The SMILES string of the molecule is Cc1cc(C)cc(N2C(=S)N[C@H](c3ccccn3)[C@H]2c2cc(C)n(Cc3ccco3)c2C)c1. The second-order valence-electron chi connectivity index (χ2n) is 8.83. The lowest BCUT2D eigenvalue weighted by atomic mass is 9.96. The number of hydrogen-bond acceptors (Lipinski definition) is 3. The maximum absolute atomic E-state index is 5.90. The minimum Gasteiger partial charge on any atom is -0.467 e. The van der Waals surface area contributed by atoms with Crippen molar-refractivity contribution in [3.05, 3.63) is 107 Å². The summed E-state index contributed by atoms with van der Waals surface area (Å²) in [4.78, 5) is 6.94. The number of rotatable bonds is 5. The number of nitrogens with one attached hydrogen (secondary N) is 1. The van der Waals surface area contributed by atoms with Gasteiger partial charge in [0.2, 0.25) is 0 Å². The van der Waals surface area contributed by atoms with Gasteiger partial charge in [-0.15, -0.1) is 0 Å². The molecule has 1 aliphatic heterocycles. The highest BCUT2D eigenvalue weighted by Gasteiger charge is 2.42. The molecule has 0 saturated carbocycles. The fourth-order valence-corrected chi connectivity index (χ4v) is 5.31. The molecule has 5 nitrogen and oxygen atoms in total. The summed E-state index contributed by atoms with van der Waals surface area (Å²) in [6.45, 7) is 9.29. The van der Waals surface area contributed by atoms with Crippen LogP contribution in [0.4, 0.5) is 5.69 Å². The highest BCUT2D eigenvalue weighted by molar-refractivity contribution is 7.80. The van der Waals surface area contributed by atoms with Gasteiger partial charge >= 0.3 is 0 Å². The van der Waals surface area contributed by atoms with Gasteiger partial charge in [0, 0.05) is 23.3 Å². The van der Waals surface area contributed by atoms with E-state index in [0.717, 1.165) is 22.3 Å². The quantitative estimate of drug-likeness (QED) is 0.377. The van der Waals surface area contributed by atoms with Crippen molar-refractivity contribution in [2.75, 3.05) is 4.90 Å². The van der Waals surface area contributed by atoms with E-state index in [4.69, 9.17) is 16.6 Å². The zero-order valence-electron chi connectivity index (χ0n) is 19.4. The molecule has 1 N–H and O–H groups in total. The highest BCUT2D eigenvalue weighted by atomic mass is 32.1. The van der Waals surface area contributed by atoms with Crippen molar-refractivity contribution in [3.63, 3.8) is 0 Å². The van der Waals surface area contributed by atoms with E-state index in [2.05, 4.69) is 77.8 Å². The van der Waals surface area contributed by atoms with Crippen molar-refractivity contribution in [1.29, 1.82) is 0 Å². The molecule has 0 amide bonds. The third kappa shape index (κ3) is 3.95. The molecule has 4 heterocycles. The number of anilines is 1. The summed E-state index contributed by atoms with van der Waals surface area (Å²) in [5.74, 6) is 0.941. The molecular weight excluding hydrogens is 428 g/mol. The minimum atomic E-state index is -0.0583. The van der Waals surface area contributed by atoms with Crippen molar-refractivity contribution in [3.8, 4) is 0 Å². The Hall–Kier alpha value is -3.38. The smallest absolute Gasteiger partial charge is 0.174 e. The number of thiocarbonyl (C=S) groups is 1. The summed E-state index contributed by atoms with van der Waals surface area (Å²) in [6, 6.07) is 18.8. The summed E-state index contributed by atoms with van der Waals surface area (Å²) >= 11 is 5.90. The van der Waals surface area contributed by atoms with Crippen molar-refractivity contribution in [2.24, 2.45) is 0 Å². The van der Waals surface area contributed by atoms with Crippen LogP contribution in [0.25, 0.3) is 0 Å². The van der Waals surface area contributed by atoms with Gasteiger partial charge in [-0.05, 0) is 99.1 Å². The Balaban J connectivity index is 1.65. The second-order valence-corrected chi connectivity index (χ2v) is 9.22. The standard InChI is InChI=1S/C27H28N4OS/c1-17-12-18(2)14-21(13-17)31-26(25(29-27(31)33)24-9-5-6-10-28-24)23-15-19(3)30(20(23)4)16-22-8-7-11-32-22/h5-15,25-26H,16H2,1-4H3,(H,29,33)/t25-,26-/m1/s1. The molecule has 1 saturated heterocycles. The molecule has 33 heavy (non-hydrogen) atoms. The van der Waals surface area contributed by atoms with Crippen LogP contribution >= 0.6 is 12.2 Å². The fourth-order valence-electron chi connectivity index (χ4n) is 4.97. The molecule has 1 aliphatic rings. The first-order valence-corrected chi connectivity index (χ1v) is 11.6. The molecule has 0 bridgehead atoms. The Labute approximate surface area is 200 Å². The molecule has 1 fully saturated rings. The first-order valence-electron chi connectivity index (χ1n) is 11.2. The summed E-state index contributed by atoms with van der Waals surface area (Å²) in [7, 11) is 0. The molecule has 0 aliphatic carbocycles. The molecule has 2 atom stereocenters. The zero-order chi connectivity index (χ0) is 23.1. The fraction of sp³-hybridized carbons (Fsp3) is 0.259. The van der Waals surface area contributed by atoms with E-state index in [1.807, 2.05) is 30.5 Å². The van der Waals surface area contributed by atoms with Crippen molar-refractivity contribution in [1.82, 2.24) is 14.9 Å². The van der Waals surface area contributed by atoms with E-state index in [0.29, 0.717) is 6.54 Å². The van der Waals surface area contributed by atoms with E-state index < -0.39 is 0 Å². The molecule has 5 rings (SSSR count). The first kappa shape index (κ1) is 21.5. The van der Waals surface area contributed by atoms with Gasteiger partial charge in [-0.25, -0.2) is 0 Å². The highest BCUT2D eigenvalue weighted by Crippen LogP contribution is 2.43. The average Bonchev–Trinajstić information content (AvgIpc) is 3.48. The summed E-state index contributed by atoms with van der Waals surface area (Å²) in [5, 5.41) is 4.29. The molecule has 1 aromatic carbocycles. The Morgan fingerprint density at radius 2 is 1.79 bits per heavy atom. The Bertz CT molecular complexity index is 1270. The molecule has 0 unspecified atom stereocenters. The van der Waals surface area contributed by atoms with E-state index in [1.165, 1.54) is 28.1 Å². The molecule has 168 valence electrons. The number of benzene rings is 1. The number of furan rings is 1. The van der Waals surface area contributed by atoms with Crippen LogP contribution in [0.2, 0.25) is 0 Å². The van der Waals surface area contributed by atoms with Gasteiger partial charge in [0.25, 0.3) is 0 Å². The lowest BCUT2D eigenvalue weighted by molar-refractivity contribution is 0.488. The predicted octanol–water partition coefficient (Wildman–Crippen LogP) is 5.94. The van der Waals surface area contributed by atoms with Crippen LogP contribution in [0.3, 0.4) is 0 Å². The van der Waals surface area contributed by atoms with Crippen LogP contribution in [-0.4, -0.2) is 14.7 Å². The third-order valence-corrected chi connectivity index (χ3v) is 6.72. The van der Waals surface area contributed by atoms with E-state index in [-0.39, 0.29) is 12.1 Å². The number of aromatic nitrogens is 2. The molecule has 0 spiro atoms. The van der Waals surface area contributed by atoms with Crippen molar-refractivity contribution >= 4 is 23.0 Å². The number of nitrogens with zero attached hydrogens (tertiary/aromatic N) is 3. The predicted molar refractivity (Wildman–Crippen MR) is 136 cm³/mol. The van der Waals surface area contributed by atoms with Crippen LogP contribution < -0.4 is 10.2 Å². The van der Waals surface area contributed by atoms with Crippen LogP contribution in [0, 0.1) is 27.7 Å². The third-order valence-electron chi connectivity index (χ3n) is 6.41. The van der Waals surface area contributed by atoms with Crippen molar-refractivity contribution in [2.45, 2.75) is 46.3 Å². The molecule has 4 aromatic rings. The minimum absolute atomic E-state index is 0.0230. The van der Waals surface area contributed by atoms with Gasteiger partial charge in [-0.3, -0.25) is 4.98 Å². The van der Waals surface area contributed by atoms with Crippen LogP contribution in [0.15, 0.2) is 71.5 Å². The van der Waals surface area contributed by atoms with Gasteiger partial charge < -0.3 is 19.2 Å². The van der Waals surface area contributed by atoms with E-state index >= 15 is 0 Å².